The minimum Gasteiger partial charge on any atom is -0.406 e. The lowest BCUT2D eigenvalue weighted by atomic mass is 10.0. The molecule has 0 aliphatic carbocycles. The number of thioether (sulfide) groups is 1. The van der Waals surface area contributed by atoms with E-state index in [9.17, 15) is 27.6 Å². The number of ether oxygens (including phenoxy) is 1. The van der Waals surface area contributed by atoms with Crippen LogP contribution in [0.3, 0.4) is 0 Å². The van der Waals surface area contributed by atoms with Gasteiger partial charge in [0.2, 0.25) is 5.91 Å². The Hall–Kier alpha value is -4.23. The molecule has 0 saturated carbocycles. The van der Waals surface area contributed by atoms with Crippen molar-refractivity contribution >= 4 is 63.6 Å². The number of halogens is 4. The predicted octanol–water partition coefficient (Wildman–Crippen LogP) is 7.78. The molecule has 0 aromatic heterocycles. The van der Waals surface area contributed by atoms with Gasteiger partial charge in [-0.3, -0.25) is 9.69 Å². The number of nitrogens with one attached hydrogen (secondary N) is 3. The second-order valence-corrected chi connectivity index (χ2v) is 11.6. The number of carbonyl (C=O) groups excluding carboxylic acids is 3. The average molecular weight is 648 g/mol. The molecule has 44 heavy (non-hydrogen) atoms. The fraction of sp³-hybridized carbons (Fsp3) is 0.267. The van der Waals surface area contributed by atoms with E-state index in [1.807, 2.05) is 26.8 Å². The molecule has 1 unspecified atom stereocenters. The summed E-state index contributed by atoms with van der Waals surface area (Å²) in [7, 11) is 0. The van der Waals surface area contributed by atoms with Crippen LogP contribution >= 0.6 is 23.4 Å². The lowest BCUT2D eigenvalue weighted by Gasteiger charge is -2.22. The Morgan fingerprint density at radius 3 is 2.20 bits per heavy atom. The van der Waals surface area contributed by atoms with Crippen LogP contribution < -0.4 is 25.6 Å². The van der Waals surface area contributed by atoms with Gasteiger partial charge in [0.1, 0.15) is 5.75 Å². The van der Waals surface area contributed by atoms with Crippen LogP contribution in [0.5, 0.6) is 5.75 Å². The van der Waals surface area contributed by atoms with Crippen molar-refractivity contribution in [3.8, 4) is 5.75 Å². The van der Waals surface area contributed by atoms with Crippen LogP contribution in [-0.4, -0.2) is 41.3 Å². The van der Waals surface area contributed by atoms with Crippen LogP contribution in [0.2, 0.25) is 5.02 Å². The largest absolute Gasteiger partial charge is 0.573 e. The summed E-state index contributed by atoms with van der Waals surface area (Å²) in [5, 5.41) is 8.75. The third kappa shape index (κ3) is 9.13. The van der Waals surface area contributed by atoms with Crippen molar-refractivity contribution in [3.05, 3.63) is 82.9 Å². The van der Waals surface area contributed by atoms with E-state index in [1.165, 1.54) is 28.8 Å². The predicted molar refractivity (Wildman–Crippen MR) is 167 cm³/mol. The maximum Gasteiger partial charge on any atom is 0.573 e. The van der Waals surface area contributed by atoms with Gasteiger partial charge in [-0.15, -0.1) is 13.2 Å². The minimum absolute atomic E-state index is 0.120. The molecule has 0 spiro atoms. The zero-order chi connectivity index (χ0) is 32.0. The molecule has 232 valence electrons. The van der Waals surface area contributed by atoms with Gasteiger partial charge < -0.3 is 20.7 Å². The van der Waals surface area contributed by atoms with Gasteiger partial charge in [-0.1, -0.05) is 55.4 Å². The van der Waals surface area contributed by atoms with Crippen molar-refractivity contribution < 1.29 is 32.3 Å². The summed E-state index contributed by atoms with van der Waals surface area (Å²) in [6.45, 7) is 5.83. The van der Waals surface area contributed by atoms with Crippen LogP contribution in [0.1, 0.15) is 37.8 Å². The highest BCUT2D eigenvalue weighted by Gasteiger charge is 2.33. The fourth-order valence-corrected chi connectivity index (χ4v) is 5.40. The van der Waals surface area contributed by atoms with Crippen molar-refractivity contribution in [2.45, 2.75) is 45.5 Å². The number of aliphatic imine (C=N–C) groups is 1. The number of anilines is 3. The zero-order valence-corrected chi connectivity index (χ0v) is 25.4. The van der Waals surface area contributed by atoms with Crippen molar-refractivity contribution in [1.29, 1.82) is 0 Å². The summed E-state index contributed by atoms with van der Waals surface area (Å²) in [5.41, 5.74) is 3.16. The average Bonchev–Trinajstić information content (AvgIpc) is 3.28. The summed E-state index contributed by atoms with van der Waals surface area (Å²) >= 11 is 7.40. The normalized spacial score (nSPS) is 15.0. The third-order valence-corrected chi connectivity index (χ3v) is 7.45. The number of amides is 5. The Morgan fingerprint density at radius 2 is 1.61 bits per heavy atom. The highest BCUT2D eigenvalue weighted by molar-refractivity contribution is 8.15. The highest BCUT2D eigenvalue weighted by Crippen LogP contribution is 2.35. The van der Waals surface area contributed by atoms with Gasteiger partial charge in [0.15, 0.2) is 5.17 Å². The van der Waals surface area contributed by atoms with E-state index in [0.717, 1.165) is 23.3 Å². The van der Waals surface area contributed by atoms with E-state index < -0.39 is 24.2 Å². The van der Waals surface area contributed by atoms with Crippen LogP contribution in [0.15, 0.2) is 71.7 Å². The molecule has 1 saturated heterocycles. The molecule has 1 heterocycles. The topological polar surface area (TPSA) is 112 Å². The van der Waals surface area contributed by atoms with Crippen molar-refractivity contribution in [2.24, 2.45) is 4.99 Å². The molecule has 4 rings (SSSR count). The first-order valence-electron chi connectivity index (χ1n) is 13.4. The van der Waals surface area contributed by atoms with Gasteiger partial charge in [-0.05, 0) is 78.9 Å². The summed E-state index contributed by atoms with van der Waals surface area (Å²) in [6, 6.07) is 15.5. The van der Waals surface area contributed by atoms with Crippen LogP contribution in [0, 0.1) is 0 Å². The lowest BCUT2D eigenvalue weighted by Crippen LogP contribution is -2.35. The minimum atomic E-state index is -4.80. The first-order chi connectivity index (χ1) is 20.8. The van der Waals surface area contributed by atoms with Crippen molar-refractivity contribution in [1.82, 2.24) is 5.32 Å². The smallest absolute Gasteiger partial charge is 0.406 e. The number of rotatable bonds is 8. The summed E-state index contributed by atoms with van der Waals surface area (Å²) < 4.78 is 40.7. The zero-order valence-electron chi connectivity index (χ0n) is 23.9. The van der Waals surface area contributed by atoms with Gasteiger partial charge in [0.25, 0.3) is 0 Å². The monoisotopic (exact) mass is 647 g/mol. The fourth-order valence-electron chi connectivity index (χ4n) is 4.37. The summed E-state index contributed by atoms with van der Waals surface area (Å²) in [5.74, 6) is -0.305. The molecular weight excluding hydrogens is 619 g/mol. The number of hydrogen-bond donors (Lipinski definition) is 3. The molecule has 3 aromatic rings. The van der Waals surface area contributed by atoms with Crippen LogP contribution in [0.25, 0.3) is 0 Å². The Bertz CT molecular complexity index is 1550. The Morgan fingerprint density at radius 1 is 1.00 bits per heavy atom. The molecule has 1 atom stereocenters. The number of carbonyl (C=O) groups is 3. The van der Waals surface area contributed by atoms with Gasteiger partial charge in [0, 0.05) is 22.4 Å². The number of hydrogen-bond acceptors (Lipinski definition) is 5. The van der Waals surface area contributed by atoms with Crippen LogP contribution in [0.4, 0.5) is 39.8 Å². The van der Waals surface area contributed by atoms with E-state index in [4.69, 9.17) is 11.6 Å². The van der Waals surface area contributed by atoms with Crippen LogP contribution in [-0.2, 0) is 11.2 Å². The standard InChI is InChI=1S/C30H29ClF3N5O4S/c1-17(2)24-13-6-20(31)15-25(24)39-26(40)16-44-29(39)38-27(41)35-18(3)14-19-4-7-21(8-5-19)36-28(42)37-22-9-11-23(12-10-22)43-30(32,33)34/h4-13,15,17-18H,14,16H2,1-3H3,(H,35,41)(H2,36,37,42). The first kappa shape index (κ1) is 32.7. The molecule has 9 nitrogen and oxygen atoms in total. The second-order valence-electron chi connectivity index (χ2n) is 10.2. The Kier molecular flexibility index (Phi) is 10.4. The van der Waals surface area contributed by atoms with E-state index >= 15 is 0 Å². The Labute approximate surface area is 261 Å². The number of alkyl halides is 3. The van der Waals surface area contributed by atoms with Gasteiger partial charge in [0.05, 0.1) is 11.4 Å². The number of amidine groups is 1. The molecular formula is C30H29ClF3N5O4S. The van der Waals surface area contributed by atoms with Crippen molar-refractivity contribution in [3.63, 3.8) is 0 Å². The quantitative estimate of drug-likeness (QED) is 0.231. The SMILES string of the molecule is CC(Cc1ccc(NC(=O)Nc2ccc(OC(F)(F)F)cc2)cc1)NC(=O)N=C1SCC(=O)N1c1cc(Cl)ccc1C(C)C. The molecule has 14 heteroatoms. The molecule has 1 aliphatic heterocycles. The Balaban J connectivity index is 1.31. The summed E-state index contributed by atoms with van der Waals surface area (Å²) in [4.78, 5) is 43.4. The van der Waals surface area contributed by atoms with Crippen molar-refractivity contribution in [2.75, 3.05) is 21.3 Å². The molecule has 3 aromatic carbocycles. The van der Waals surface area contributed by atoms with Gasteiger partial charge >= 0.3 is 18.4 Å². The molecule has 1 aliphatic rings. The lowest BCUT2D eigenvalue weighted by molar-refractivity contribution is -0.274. The second kappa shape index (κ2) is 14.0. The molecule has 0 bridgehead atoms. The number of benzene rings is 3. The van der Waals surface area contributed by atoms with E-state index in [-0.39, 0.29) is 34.5 Å². The van der Waals surface area contributed by atoms with E-state index in [0.29, 0.717) is 22.8 Å². The maximum atomic E-state index is 12.8. The first-order valence-corrected chi connectivity index (χ1v) is 14.8. The summed E-state index contributed by atoms with van der Waals surface area (Å²) in [6.07, 6.45) is -4.33. The number of urea groups is 2. The highest BCUT2D eigenvalue weighted by atomic mass is 35.5. The van der Waals surface area contributed by atoms with E-state index in [2.05, 4.69) is 25.7 Å². The third-order valence-electron chi connectivity index (χ3n) is 6.29. The molecule has 5 amide bonds. The molecule has 3 N–H and O–H groups in total. The molecule has 1 fully saturated rings. The van der Waals surface area contributed by atoms with E-state index in [1.54, 1.807) is 36.4 Å². The van der Waals surface area contributed by atoms with Gasteiger partial charge in [-0.2, -0.15) is 4.99 Å². The number of nitrogens with zero attached hydrogens (tertiary/aromatic N) is 2. The van der Waals surface area contributed by atoms with Gasteiger partial charge in [-0.25, -0.2) is 9.59 Å². The maximum absolute atomic E-state index is 12.8. The molecule has 0 radical (unpaired) electrons.